The Hall–Kier alpha value is -13.8. The number of anilines is 15. The van der Waals surface area contributed by atoms with Crippen molar-refractivity contribution >= 4 is 165 Å². The molecule has 0 bridgehead atoms. The standard InChI is InChI=1S/C102H67B2N5OSe/c1-7-33-68(34-8-1)77-45-19-26-52-87(77)105(72-41-15-5-16-42-72)75-61-94-101-95(62-75)108(89-54-28-21-47-79(89)70-37-11-3-12-38-70)91-56-30-24-50-83(91)103(101)85-66-86-97(67-93(85)107(94)74-59-60-82-81-49-23-32-58-99(81)111-100(82)65-74)110-98-64-76(106(73-43-17-6-18-44-73)88-53-27-20-46-78(88)69-35-9-2-10-36-69)63-96-102(98)104(86)84-51-25-31-57-92(84)109(96)90-55-29-22-48-80(90)71-39-13-4-14-40-71/h1-67H. The van der Waals surface area contributed by atoms with E-state index in [0.29, 0.717) is 0 Å². The molecule has 1 aromatic heterocycles. The van der Waals surface area contributed by atoms with Gasteiger partial charge in [0.1, 0.15) is 0 Å². The molecule has 0 atom stereocenters. The fraction of sp³-hybridized carbons (Fsp3) is 0. The van der Waals surface area contributed by atoms with E-state index in [4.69, 9.17) is 4.74 Å². The Morgan fingerprint density at radius 2 is 0.631 bits per heavy atom. The van der Waals surface area contributed by atoms with Crippen molar-refractivity contribution in [3.63, 3.8) is 0 Å². The molecule has 0 amide bonds. The minimum atomic E-state index is -0.272. The summed E-state index contributed by atoms with van der Waals surface area (Å²) < 4.78 is 10.9. The van der Waals surface area contributed by atoms with Crippen LogP contribution in [0.2, 0.25) is 0 Å². The van der Waals surface area contributed by atoms with Crippen LogP contribution in [0.5, 0.6) is 11.5 Å². The van der Waals surface area contributed by atoms with Crippen LogP contribution in [0.25, 0.3) is 63.8 Å². The van der Waals surface area contributed by atoms with Crippen LogP contribution in [-0.2, 0) is 0 Å². The van der Waals surface area contributed by atoms with Gasteiger partial charge >= 0.3 is 436 Å². The zero-order valence-electron chi connectivity index (χ0n) is 60.4. The van der Waals surface area contributed by atoms with Gasteiger partial charge in [-0.05, 0) is 35.4 Å². The Kier molecular flexibility index (Phi) is 15.4. The van der Waals surface area contributed by atoms with Crippen molar-refractivity contribution in [2.75, 3.05) is 24.5 Å². The predicted molar refractivity (Wildman–Crippen MR) is 469 cm³/mol. The van der Waals surface area contributed by atoms with Crippen LogP contribution in [0.1, 0.15) is 0 Å². The monoisotopic (exact) mass is 1480 g/mol. The van der Waals surface area contributed by atoms with Gasteiger partial charge in [-0.15, -0.1) is 0 Å². The van der Waals surface area contributed by atoms with Gasteiger partial charge in [0.05, 0.1) is 11.4 Å². The van der Waals surface area contributed by atoms with Gasteiger partial charge in [-0.2, -0.15) is 0 Å². The number of benzene rings is 17. The molecule has 18 aromatic rings. The van der Waals surface area contributed by atoms with Gasteiger partial charge in [-0.1, -0.05) is 158 Å². The van der Waals surface area contributed by atoms with Crippen LogP contribution >= 0.6 is 0 Å². The quantitative estimate of drug-likeness (QED) is 0.107. The number of hydrogen-bond donors (Lipinski definition) is 0. The number of hydrogen-bond acceptors (Lipinski definition) is 6. The Bertz CT molecular complexity index is 6680. The molecule has 5 heterocycles. The number of rotatable bonds is 13. The van der Waals surface area contributed by atoms with E-state index in [0.717, 1.165) is 152 Å². The van der Waals surface area contributed by atoms with Gasteiger partial charge in [0.15, 0.2) is 0 Å². The van der Waals surface area contributed by atoms with Gasteiger partial charge in [0.2, 0.25) is 0 Å². The molecule has 0 spiro atoms. The second kappa shape index (κ2) is 26.5. The van der Waals surface area contributed by atoms with Crippen LogP contribution in [0.15, 0.2) is 406 Å². The fourth-order valence-corrected chi connectivity index (χ4v) is 20.5. The summed E-state index contributed by atoms with van der Waals surface area (Å²) >= 11 is 0.0592. The molecule has 4 aliphatic heterocycles. The molecule has 22 rings (SSSR count). The van der Waals surface area contributed by atoms with Crippen molar-refractivity contribution in [3.05, 3.63) is 406 Å². The van der Waals surface area contributed by atoms with Crippen LogP contribution in [0, 0.1) is 0 Å². The van der Waals surface area contributed by atoms with Gasteiger partial charge < -0.3 is 0 Å². The van der Waals surface area contributed by atoms with Gasteiger partial charge in [0, 0.05) is 16.8 Å². The number of ether oxygens (including phenoxy) is 1. The van der Waals surface area contributed by atoms with Gasteiger partial charge in [-0.25, -0.2) is 0 Å². The van der Waals surface area contributed by atoms with Crippen LogP contribution in [-0.4, -0.2) is 27.9 Å². The average Bonchev–Trinajstić information content (AvgIpc) is 0.977. The average molecular weight is 1480 g/mol. The van der Waals surface area contributed by atoms with E-state index in [1.165, 1.54) is 41.1 Å². The maximum atomic E-state index is 8.12. The molecule has 9 heteroatoms. The zero-order valence-corrected chi connectivity index (χ0v) is 62.1. The molecule has 0 N–H and O–H groups in total. The number of para-hydroxylation sites is 8. The summed E-state index contributed by atoms with van der Waals surface area (Å²) in [6.45, 7) is -0.534. The van der Waals surface area contributed by atoms with Crippen molar-refractivity contribution in [1.82, 2.24) is 0 Å². The first-order valence-corrected chi connectivity index (χ1v) is 39.8. The second-order valence-electron chi connectivity index (χ2n) is 29.0. The van der Waals surface area contributed by atoms with Crippen LogP contribution < -0.4 is 62.0 Å². The first-order valence-electron chi connectivity index (χ1n) is 38.1. The smallest absolute Gasteiger partial charge is 0.0622 e. The minimum absolute atomic E-state index is 0.0592. The van der Waals surface area contributed by atoms with E-state index in [-0.39, 0.29) is 27.9 Å². The molecular formula is C102H67B2N5OSe. The third-order valence-corrected chi connectivity index (χ3v) is 25.2. The topological polar surface area (TPSA) is 25.4 Å². The van der Waals surface area contributed by atoms with Crippen molar-refractivity contribution < 1.29 is 4.74 Å². The molecule has 0 radical (unpaired) electrons. The number of nitrogens with zero attached hydrogens (tertiary/aromatic N) is 5. The third kappa shape index (κ3) is 10.6. The number of fused-ring (bicyclic) bond motifs is 11. The van der Waals surface area contributed by atoms with E-state index in [1.807, 2.05) is 0 Å². The SMILES string of the molecule is c1ccc(-c2ccccc2N(c2ccccc2)c2cc3c4c(c2)N(c2ccccc2-c2ccccc2)c2ccccc2B4c2cc4c(cc2O3)N(c2ccc3c(c2)[se]c2ccccc23)c2cc(N(c3ccccc3)c3ccccc3-c3ccccc3)cc3c2B4c2ccccc2N3c2ccccc2-c2ccccc2)cc1. The molecule has 0 saturated carbocycles. The fourth-order valence-electron chi connectivity index (χ4n) is 18.1. The molecular weight excluding hydrogens is 1410 g/mol. The molecule has 4 aliphatic rings. The van der Waals surface area contributed by atoms with Crippen molar-refractivity contribution in [2.45, 2.75) is 0 Å². The molecule has 0 saturated heterocycles. The molecule has 0 unspecified atom stereocenters. The zero-order chi connectivity index (χ0) is 73.0. The Labute approximate surface area is 652 Å². The first-order chi connectivity index (χ1) is 55.1. The van der Waals surface area contributed by atoms with E-state index >= 15 is 0 Å². The Balaban J connectivity index is 0.843. The first kappa shape index (κ1) is 64.4. The van der Waals surface area contributed by atoms with Crippen molar-refractivity contribution in [3.8, 4) is 56.0 Å². The van der Waals surface area contributed by atoms with E-state index < -0.39 is 0 Å². The summed E-state index contributed by atoms with van der Waals surface area (Å²) in [7, 11) is 0. The summed E-state index contributed by atoms with van der Waals surface area (Å²) in [5.74, 6) is 1.61. The van der Waals surface area contributed by atoms with Crippen LogP contribution in [0.3, 0.4) is 0 Å². The maximum absolute atomic E-state index is 8.12. The summed E-state index contributed by atoms with van der Waals surface area (Å²) in [6, 6.07) is 150. The summed E-state index contributed by atoms with van der Waals surface area (Å²) in [4.78, 5) is 12.7. The van der Waals surface area contributed by atoms with E-state index in [1.54, 1.807) is 0 Å². The minimum Gasteiger partial charge on any atom is -0.0622 e. The molecule has 6 nitrogen and oxygen atoms in total. The van der Waals surface area contributed by atoms with Crippen LogP contribution in [0.4, 0.5) is 85.3 Å². The van der Waals surface area contributed by atoms with E-state index in [9.17, 15) is 0 Å². The normalized spacial score (nSPS) is 12.7. The van der Waals surface area contributed by atoms with Gasteiger partial charge in [0.25, 0.3) is 0 Å². The molecule has 111 heavy (non-hydrogen) atoms. The van der Waals surface area contributed by atoms with E-state index in [2.05, 4.69) is 431 Å². The third-order valence-electron chi connectivity index (χ3n) is 22.8. The molecule has 0 aliphatic carbocycles. The van der Waals surface area contributed by atoms with Gasteiger partial charge in [-0.3, -0.25) is 0 Å². The Morgan fingerprint density at radius 3 is 1.16 bits per heavy atom. The Morgan fingerprint density at radius 1 is 0.234 bits per heavy atom. The molecule has 0 fully saturated rings. The summed E-state index contributed by atoms with van der Waals surface area (Å²) in [6.07, 6.45) is 0. The molecule has 518 valence electrons. The predicted octanol–water partition coefficient (Wildman–Crippen LogP) is 23.1. The second-order valence-corrected chi connectivity index (χ2v) is 31.2. The van der Waals surface area contributed by atoms with Crippen molar-refractivity contribution in [1.29, 1.82) is 0 Å². The molecule has 17 aromatic carbocycles. The summed E-state index contributed by atoms with van der Waals surface area (Å²) in [5, 5.41) is 2.62. The van der Waals surface area contributed by atoms with Crippen molar-refractivity contribution in [2.24, 2.45) is 0 Å². The summed E-state index contributed by atoms with van der Waals surface area (Å²) in [5.41, 5.74) is 32.1.